The van der Waals surface area contributed by atoms with Crippen molar-refractivity contribution in [2.75, 3.05) is 31.1 Å². The minimum Gasteiger partial charge on any atom is -0.445 e. The van der Waals surface area contributed by atoms with Crippen molar-refractivity contribution >= 4 is 17.9 Å². The van der Waals surface area contributed by atoms with Crippen LogP contribution in [0.15, 0.2) is 35.5 Å². The van der Waals surface area contributed by atoms with Crippen molar-refractivity contribution in [3.05, 3.63) is 52.2 Å². The molecule has 0 radical (unpaired) electrons. The van der Waals surface area contributed by atoms with Crippen molar-refractivity contribution in [1.82, 2.24) is 19.4 Å². The van der Waals surface area contributed by atoms with Gasteiger partial charge in [-0.2, -0.15) is 13.2 Å². The predicted molar refractivity (Wildman–Crippen MR) is 106 cm³/mol. The molecule has 13 heteroatoms. The molecular formula is C19H21F3N6O4. The molecule has 0 spiro atoms. The molecule has 1 saturated heterocycles. The molecule has 0 bridgehead atoms. The van der Waals surface area contributed by atoms with Crippen molar-refractivity contribution in [3.8, 4) is 0 Å². The molecule has 1 aliphatic rings. The smallest absolute Gasteiger partial charge is 0.419 e. The predicted octanol–water partition coefficient (Wildman–Crippen LogP) is 1.10. The minimum atomic E-state index is -4.51. The molecule has 10 nitrogen and oxygen atoms in total. The van der Waals surface area contributed by atoms with E-state index in [1.54, 1.807) is 16.7 Å². The zero-order valence-corrected chi connectivity index (χ0v) is 17.1. The number of piperazine rings is 1. The van der Waals surface area contributed by atoms with Crippen LogP contribution in [0.2, 0.25) is 0 Å². The number of amides is 2. The summed E-state index contributed by atoms with van der Waals surface area (Å²) in [6, 6.07) is 2.66. The Morgan fingerprint density at radius 2 is 1.78 bits per heavy atom. The Kier molecular flexibility index (Phi) is 6.65. The average molecular weight is 454 g/mol. The van der Waals surface area contributed by atoms with Crippen molar-refractivity contribution in [2.45, 2.75) is 25.7 Å². The Morgan fingerprint density at radius 1 is 1.16 bits per heavy atom. The second-order valence-electron chi connectivity index (χ2n) is 7.20. The summed E-state index contributed by atoms with van der Waals surface area (Å²) in [5.41, 5.74) is 3.94. The highest BCUT2D eigenvalue weighted by Crippen LogP contribution is 2.28. The van der Waals surface area contributed by atoms with Gasteiger partial charge in [-0.15, -0.1) is 0 Å². The number of hydrogen-bond acceptors (Lipinski definition) is 7. The minimum absolute atomic E-state index is 0.0297. The van der Waals surface area contributed by atoms with Gasteiger partial charge in [-0.05, 0) is 13.0 Å². The molecule has 2 aromatic rings. The van der Waals surface area contributed by atoms with E-state index in [1.165, 1.54) is 22.9 Å². The lowest BCUT2D eigenvalue weighted by molar-refractivity contribution is -0.138. The average Bonchev–Trinajstić information content (AvgIpc) is 2.74. The van der Waals surface area contributed by atoms with Crippen LogP contribution in [0.1, 0.15) is 22.8 Å². The highest BCUT2D eigenvalue weighted by molar-refractivity contribution is 5.94. The SMILES string of the molecule is CC(Cn1cc(C(=O)N2CCN(c3ncc(C(F)(F)F)cn3)CC2)ccc1=O)OC(N)=O. The Morgan fingerprint density at radius 3 is 2.34 bits per heavy atom. The third-order valence-corrected chi connectivity index (χ3v) is 4.82. The van der Waals surface area contributed by atoms with Gasteiger partial charge in [0.05, 0.1) is 17.7 Å². The van der Waals surface area contributed by atoms with Crippen LogP contribution in [-0.2, 0) is 17.5 Å². The lowest BCUT2D eigenvalue weighted by Crippen LogP contribution is -2.49. The van der Waals surface area contributed by atoms with E-state index in [4.69, 9.17) is 10.5 Å². The van der Waals surface area contributed by atoms with Gasteiger partial charge in [-0.1, -0.05) is 0 Å². The van der Waals surface area contributed by atoms with Crippen LogP contribution in [-0.4, -0.2) is 63.7 Å². The summed E-state index contributed by atoms with van der Waals surface area (Å²) < 4.78 is 44.0. The molecule has 32 heavy (non-hydrogen) atoms. The zero-order valence-electron chi connectivity index (χ0n) is 17.1. The summed E-state index contributed by atoms with van der Waals surface area (Å²) in [7, 11) is 0. The fraction of sp³-hybridized carbons (Fsp3) is 0.421. The van der Waals surface area contributed by atoms with Gasteiger partial charge in [0, 0.05) is 50.8 Å². The Bertz CT molecular complexity index is 1030. The van der Waals surface area contributed by atoms with Crippen molar-refractivity contribution in [3.63, 3.8) is 0 Å². The van der Waals surface area contributed by atoms with Gasteiger partial charge in [0.1, 0.15) is 6.10 Å². The molecule has 1 unspecified atom stereocenters. The van der Waals surface area contributed by atoms with Crippen LogP contribution in [0.5, 0.6) is 0 Å². The highest BCUT2D eigenvalue weighted by Gasteiger charge is 2.32. The maximum Gasteiger partial charge on any atom is 0.419 e. The molecule has 1 fully saturated rings. The summed E-state index contributed by atoms with van der Waals surface area (Å²) in [6.07, 6.45) is -3.30. The summed E-state index contributed by atoms with van der Waals surface area (Å²) in [4.78, 5) is 46.6. The first kappa shape index (κ1) is 23.0. The normalized spacial score (nSPS) is 15.4. The molecule has 172 valence electrons. The van der Waals surface area contributed by atoms with Crippen molar-refractivity contribution < 1.29 is 27.5 Å². The van der Waals surface area contributed by atoms with E-state index in [1.807, 2.05) is 0 Å². The number of carbonyl (C=O) groups is 2. The quantitative estimate of drug-likeness (QED) is 0.718. The maximum atomic E-state index is 12.9. The number of primary amides is 1. The number of halogens is 3. The fourth-order valence-electron chi connectivity index (χ4n) is 3.24. The van der Waals surface area contributed by atoms with Crippen LogP contribution in [0.3, 0.4) is 0 Å². The molecule has 3 heterocycles. The zero-order chi connectivity index (χ0) is 23.5. The molecular weight excluding hydrogens is 433 g/mol. The van der Waals surface area contributed by atoms with Gasteiger partial charge >= 0.3 is 12.3 Å². The molecule has 2 aromatic heterocycles. The lowest BCUT2D eigenvalue weighted by atomic mass is 10.2. The molecule has 1 aliphatic heterocycles. The van der Waals surface area contributed by atoms with Gasteiger partial charge in [0.25, 0.3) is 11.5 Å². The van der Waals surface area contributed by atoms with Gasteiger partial charge in [-0.3, -0.25) is 9.59 Å². The topological polar surface area (TPSA) is 124 Å². The molecule has 0 aromatic carbocycles. The van der Waals surface area contributed by atoms with Crippen molar-refractivity contribution in [2.24, 2.45) is 5.73 Å². The Balaban J connectivity index is 1.63. The van der Waals surface area contributed by atoms with Crippen LogP contribution < -0.4 is 16.2 Å². The van der Waals surface area contributed by atoms with Crippen LogP contribution in [0.25, 0.3) is 0 Å². The third kappa shape index (κ3) is 5.53. The number of nitrogens with zero attached hydrogens (tertiary/aromatic N) is 5. The van der Waals surface area contributed by atoms with E-state index in [-0.39, 0.29) is 29.5 Å². The molecule has 2 N–H and O–H groups in total. The second-order valence-corrected chi connectivity index (χ2v) is 7.20. The first-order valence-electron chi connectivity index (χ1n) is 9.64. The van der Waals surface area contributed by atoms with Crippen molar-refractivity contribution in [1.29, 1.82) is 0 Å². The van der Waals surface area contributed by atoms with Crippen LogP contribution in [0.4, 0.5) is 23.9 Å². The summed E-state index contributed by atoms with van der Waals surface area (Å²) in [6.45, 7) is 2.85. The van der Waals surface area contributed by atoms with Gasteiger partial charge < -0.3 is 24.8 Å². The number of anilines is 1. The number of aromatic nitrogens is 3. The Hall–Kier alpha value is -3.64. The molecule has 0 aliphatic carbocycles. The number of carbonyl (C=O) groups excluding carboxylic acids is 2. The highest BCUT2D eigenvalue weighted by atomic mass is 19.4. The summed E-state index contributed by atoms with van der Waals surface area (Å²) in [5, 5.41) is 0. The third-order valence-electron chi connectivity index (χ3n) is 4.82. The molecule has 3 rings (SSSR count). The van der Waals surface area contributed by atoms with E-state index in [9.17, 15) is 27.6 Å². The van der Waals surface area contributed by atoms with Gasteiger partial charge in [0.15, 0.2) is 0 Å². The van der Waals surface area contributed by atoms with Gasteiger partial charge in [0.2, 0.25) is 5.95 Å². The fourth-order valence-corrected chi connectivity index (χ4v) is 3.24. The van der Waals surface area contributed by atoms with E-state index >= 15 is 0 Å². The molecule has 0 saturated carbocycles. The number of ether oxygens (including phenoxy) is 1. The first-order chi connectivity index (χ1) is 15.0. The van der Waals surface area contributed by atoms with E-state index in [2.05, 4.69) is 9.97 Å². The molecule has 2 amide bonds. The standard InChI is InChI=1S/C19H21F3N6O4/c1-12(32-17(23)31)10-28-11-13(2-3-15(28)29)16(30)26-4-6-27(7-5-26)18-24-8-14(9-25-18)19(20,21)22/h2-3,8-9,11-12H,4-7,10H2,1H3,(H2,23,31). The largest absolute Gasteiger partial charge is 0.445 e. The number of hydrogen-bond donors (Lipinski definition) is 1. The Labute approximate surface area is 180 Å². The van der Waals surface area contributed by atoms with Gasteiger partial charge in [-0.25, -0.2) is 14.8 Å². The van der Waals surface area contributed by atoms with Crippen LogP contribution >= 0.6 is 0 Å². The lowest BCUT2D eigenvalue weighted by Gasteiger charge is -2.34. The first-order valence-corrected chi connectivity index (χ1v) is 9.64. The second kappa shape index (κ2) is 9.24. The van der Waals surface area contributed by atoms with E-state index in [0.29, 0.717) is 26.2 Å². The monoisotopic (exact) mass is 454 g/mol. The van der Waals surface area contributed by atoms with E-state index in [0.717, 1.165) is 12.4 Å². The van der Waals surface area contributed by atoms with E-state index < -0.39 is 23.9 Å². The summed E-state index contributed by atoms with van der Waals surface area (Å²) >= 11 is 0. The number of pyridine rings is 1. The van der Waals surface area contributed by atoms with Crippen LogP contribution in [0, 0.1) is 0 Å². The number of alkyl halides is 3. The number of nitrogens with two attached hydrogens (primary N) is 1. The number of rotatable bonds is 5. The molecule has 1 atom stereocenters. The summed E-state index contributed by atoms with van der Waals surface area (Å²) in [5.74, 6) is -0.155. The maximum absolute atomic E-state index is 12.9.